The van der Waals surface area contributed by atoms with Crippen LogP contribution in [0.2, 0.25) is 0 Å². The third-order valence-corrected chi connectivity index (χ3v) is 4.99. The molecule has 0 fully saturated rings. The Bertz CT molecular complexity index is 917. The largest absolute Gasteiger partial charge is 0.508 e. The van der Waals surface area contributed by atoms with Crippen LogP contribution < -0.4 is 9.47 Å². The highest BCUT2D eigenvalue weighted by Crippen LogP contribution is 2.27. The summed E-state index contributed by atoms with van der Waals surface area (Å²) in [6.07, 6.45) is 4.09. The van der Waals surface area contributed by atoms with Crippen LogP contribution in [0.25, 0.3) is 0 Å². The maximum Gasteiger partial charge on any atom is 0.123 e. The van der Waals surface area contributed by atoms with Crippen molar-refractivity contribution in [3.63, 3.8) is 0 Å². The molecule has 0 heterocycles. The van der Waals surface area contributed by atoms with Gasteiger partial charge in [0.15, 0.2) is 0 Å². The first-order valence-corrected chi connectivity index (χ1v) is 10.4. The van der Waals surface area contributed by atoms with Crippen LogP contribution >= 0.6 is 0 Å². The molecule has 0 saturated heterocycles. The van der Waals surface area contributed by atoms with Gasteiger partial charge in [0, 0.05) is 5.56 Å². The van der Waals surface area contributed by atoms with Crippen molar-refractivity contribution in [3.8, 4) is 17.2 Å². The van der Waals surface area contributed by atoms with E-state index in [0.717, 1.165) is 48.3 Å². The number of benzene rings is 3. The van der Waals surface area contributed by atoms with Gasteiger partial charge < -0.3 is 14.6 Å². The zero-order valence-electron chi connectivity index (χ0n) is 17.4. The van der Waals surface area contributed by atoms with Gasteiger partial charge in [-0.1, -0.05) is 75.2 Å². The Kier molecular flexibility index (Phi) is 7.57. The van der Waals surface area contributed by atoms with E-state index in [0.29, 0.717) is 13.2 Å². The van der Waals surface area contributed by atoms with Crippen molar-refractivity contribution < 1.29 is 14.6 Å². The number of hydrogen-bond acceptors (Lipinski definition) is 3. The molecule has 0 saturated carbocycles. The maximum atomic E-state index is 10.4. The number of phenols is 1. The summed E-state index contributed by atoms with van der Waals surface area (Å²) < 4.78 is 12.2. The fraction of sp³-hybridized carbons (Fsp3) is 0.308. The van der Waals surface area contributed by atoms with Gasteiger partial charge in [0.2, 0.25) is 0 Å². The highest BCUT2D eigenvalue weighted by atomic mass is 16.5. The molecule has 3 aromatic carbocycles. The Labute approximate surface area is 173 Å². The van der Waals surface area contributed by atoms with E-state index < -0.39 is 0 Å². The van der Waals surface area contributed by atoms with E-state index >= 15 is 0 Å². The summed E-state index contributed by atoms with van der Waals surface area (Å²) in [6.45, 7) is 5.02. The van der Waals surface area contributed by atoms with Gasteiger partial charge in [0.05, 0.1) is 0 Å². The molecule has 3 nitrogen and oxygen atoms in total. The SMILES string of the molecule is CCCc1ccccc1OCc1cccc(O)c1COc1ccccc1CCC. The molecule has 0 amide bonds. The van der Waals surface area contributed by atoms with Gasteiger partial charge in [-0.05, 0) is 47.7 Å². The summed E-state index contributed by atoms with van der Waals surface area (Å²) >= 11 is 0. The minimum atomic E-state index is 0.237. The molecule has 1 N–H and O–H groups in total. The van der Waals surface area contributed by atoms with Crippen molar-refractivity contribution >= 4 is 0 Å². The number of para-hydroxylation sites is 2. The number of hydrogen-bond donors (Lipinski definition) is 1. The predicted octanol–water partition coefficient (Wildman–Crippen LogP) is 6.46. The molecular weight excluding hydrogens is 360 g/mol. The van der Waals surface area contributed by atoms with Gasteiger partial charge in [-0.2, -0.15) is 0 Å². The van der Waals surface area contributed by atoms with E-state index in [1.807, 2.05) is 48.5 Å². The second-order valence-corrected chi connectivity index (χ2v) is 7.21. The summed E-state index contributed by atoms with van der Waals surface area (Å²) in [7, 11) is 0. The maximum absolute atomic E-state index is 10.4. The van der Waals surface area contributed by atoms with E-state index in [1.165, 1.54) is 11.1 Å². The van der Waals surface area contributed by atoms with E-state index in [1.54, 1.807) is 6.07 Å². The molecule has 0 bridgehead atoms. The second kappa shape index (κ2) is 10.6. The highest BCUT2D eigenvalue weighted by molar-refractivity contribution is 5.41. The number of phenolic OH excluding ortho intramolecular Hbond substituents is 1. The van der Waals surface area contributed by atoms with Crippen molar-refractivity contribution in [1.29, 1.82) is 0 Å². The lowest BCUT2D eigenvalue weighted by atomic mass is 10.1. The Morgan fingerprint density at radius 1 is 0.621 bits per heavy atom. The molecule has 29 heavy (non-hydrogen) atoms. The van der Waals surface area contributed by atoms with Crippen molar-refractivity contribution in [1.82, 2.24) is 0 Å². The van der Waals surface area contributed by atoms with Gasteiger partial charge in [-0.3, -0.25) is 0 Å². The quantitative estimate of drug-likeness (QED) is 0.432. The zero-order valence-corrected chi connectivity index (χ0v) is 17.4. The molecule has 0 aliphatic rings. The zero-order chi connectivity index (χ0) is 20.5. The molecule has 0 atom stereocenters. The molecule has 0 unspecified atom stereocenters. The fourth-order valence-electron chi connectivity index (χ4n) is 3.47. The first-order chi connectivity index (χ1) is 14.2. The van der Waals surface area contributed by atoms with Crippen LogP contribution in [0, 0.1) is 0 Å². The van der Waals surface area contributed by atoms with Gasteiger partial charge in [0.25, 0.3) is 0 Å². The lowest BCUT2D eigenvalue weighted by Crippen LogP contribution is -2.06. The first-order valence-electron chi connectivity index (χ1n) is 10.4. The third kappa shape index (κ3) is 5.54. The molecule has 0 aromatic heterocycles. The normalized spacial score (nSPS) is 10.7. The molecule has 0 spiro atoms. The molecule has 152 valence electrons. The minimum Gasteiger partial charge on any atom is -0.508 e. The standard InChI is InChI=1S/C26H30O3/c1-3-10-20-12-5-7-16-25(20)28-18-22-14-9-15-24(27)23(22)19-29-26-17-8-6-13-21(26)11-4-2/h5-9,12-17,27H,3-4,10-11,18-19H2,1-2H3. The molecule has 3 rings (SSSR count). The third-order valence-electron chi connectivity index (χ3n) is 4.99. The number of aromatic hydroxyl groups is 1. The average Bonchev–Trinajstić information content (AvgIpc) is 2.74. The van der Waals surface area contributed by atoms with Crippen molar-refractivity contribution in [2.24, 2.45) is 0 Å². The lowest BCUT2D eigenvalue weighted by molar-refractivity contribution is 0.277. The summed E-state index contributed by atoms with van der Waals surface area (Å²) in [5.41, 5.74) is 4.11. The van der Waals surface area contributed by atoms with Crippen molar-refractivity contribution in [2.45, 2.75) is 52.7 Å². The first kappa shape index (κ1) is 20.8. The van der Waals surface area contributed by atoms with Gasteiger partial charge in [0.1, 0.15) is 30.5 Å². The minimum absolute atomic E-state index is 0.237. The predicted molar refractivity (Wildman–Crippen MR) is 118 cm³/mol. The molecule has 0 aliphatic carbocycles. The summed E-state index contributed by atoms with van der Waals surface area (Å²) in [6, 6.07) is 21.8. The average molecular weight is 391 g/mol. The van der Waals surface area contributed by atoms with Crippen LogP contribution in [0.5, 0.6) is 17.2 Å². The summed E-state index contributed by atoms with van der Waals surface area (Å²) in [5, 5.41) is 10.4. The Morgan fingerprint density at radius 3 is 1.72 bits per heavy atom. The Morgan fingerprint density at radius 2 is 1.14 bits per heavy atom. The van der Waals surface area contributed by atoms with E-state index in [2.05, 4.69) is 26.0 Å². The van der Waals surface area contributed by atoms with Gasteiger partial charge in [-0.25, -0.2) is 0 Å². The van der Waals surface area contributed by atoms with Crippen LogP contribution in [-0.4, -0.2) is 5.11 Å². The fourth-order valence-corrected chi connectivity index (χ4v) is 3.47. The van der Waals surface area contributed by atoms with Crippen molar-refractivity contribution in [2.75, 3.05) is 0 Å². The van der Waals surface area contributed by atoms with Crippen LogP contribution in [0.3, 0.4) is 0 Å². The van der Waals surface area contributed by atoms with Crippen LogP contribution in [0.1, 0.15) is 48.9 Å². The number of rotatable bonds is 10. The van der Waals surface area contributed by atoms with E-state index in [-0.39, 0.29) is 5.75 Å². The van der Waals surface area contributed by atoms with Crippen LogP contribution in [-0.2, 0) is 26.1 Å². The molecule has 3 aromatic rings. The van der Waals surface area contributed by atoms with Crippen molar-refractivity contribution in [3.05, 3.63) is 89.0 Å². The van der Waals surface area contributed by atoms with E-state index in [4.69, 9.17) is 9.47 Å². The Balaban J connectivity index is 1.75. The van der Waals surface area contributed by atoms with Gasteiger partial charge >= 0.3 is 0 Å². The monoisotopic (exact) mass is 390 g/mol. The van der Waals surface area contributed by atoms with Crippen LogP contribution in [0.15, 0.2) is 66.7 Å². The molecule has 0 aliphatic heterocycles. The summed E-state index contributed by atoms with van der Waals surface area (Å²) in [4.78, 5) is 0. The smallest absolute Gasteiger partial charge is 0.123 e. The number of ether oxygens (including phenoxy) is 2. The molecule has 0 radical (unpaired) electrons. The van der Waals surface area contributed by atoms with Crippen LogP contribution in [0.4, 0.5) is 0 Å². The highest BCUT2D eigenvalue weighted by Gasteiger charge is 2.12. The lowest BCUT2D eigenvalue weighted by Gasteiger charge is -2.16. The molecule has 3 heteroatoms. The van der Waals surface area contributed by atoms with Gasteiger partial charge in [-0.15, -0.1) is 0 Å². The molecular formula is C26H30O3. The van der Waals surface area contributed by atoms with E-state index in [9.17, 15) is 5.11 Å². The number of aryl methyl sites for hydroxylation is 2. The topological polar surface area (TPSA) is 38.7 Å². The summed E-state index contributed by atoms with van der Waals surface area (Å²) in [5.74, 6) is 2.01. The Hall–Kier alpha value is -2.94. The second-order valence-electron chi connectivity index (χ2n) is 7.21.